The largest absolute Gasteiger partial charge is 0.458 e. The molecule has 5 heteroatoms. The van der Waals surface area contributed by atoms with E-state index in [4.69, 9.17) is 9.47 Å². The van der Waals surface area contributed by atoms with Gasteiger partial charge in [0.2, 0.25) is 6.10 Å². The van der Waals surface area contributed by atoms with E-state index >= 15 is 0 Å². The summed E-state index contributed by atoms with van der Waals surface area (Å²) in [7, 11) is 0. The highest BCUT2D eigenvalue weighted by molar-refractivity contribution is 5.80. The number of esters is 2. The van der Waals surface area contributed by atoms with E-state index in [9.17, 15) is 9.59 Å². The summed E-state index contributed by atoms with van der Waals surface area (Å²) in [6.45, 7) is 1.80. The molecule has 5 nitrogen and oxygen atoms in total. The molecule has 2 rings (SSSR count). The smallest absolute Gasteiger partial charge is 0.352 e. The lowest BCUT2D eigenvalue weighted by Gasteiger charge is -2.16. The lowest BCUT2D eigenvalue weighted by atomic mass is 10.1. The van der Waals surface area contributed by atoms with Crippen molar-refractivity contribution in [3.63, 3.8) is 0 Å². The number of aromatic nitrogens is 1. The van der Waals surface area contributed by atoms with Crippen LogP contribution in [0.1, 0.15) is 30.6 Å². The second-order valence-electron chi connectivity index (χ2n) is 4.60. The van der Waals surface area contributed by atoms with Crippen LogP contribution < -0.4 is 0 Å². The third-order valence-electron chi connectivity index (χ3n) is 2.98. The summed E-state index contributed by atoms with van der Waals surface area (Å²) in [4.78, 5) is 27.7. The van der Waals surface area contributed by atoms with Crippen LogP contribution in [0.25, 0.3) is 0 Å². The van der Waals surface area contributed by atoms with Crippen LogP contribution in [0.5, 0.6) is 0 Å². The molecule has 1 aromatic carbocycles. The van der Waals surface area contributed by atoms with E-state index in [2.05, 4.69) is 4.98 Å². The fraction of sp³-hybridized carbons (Fsp3) is 0.235. The van der Waals surface area contributed by atoms with Crippen molar-refractivity contribution in [2.75, 3.05) is 0 Å². The molecule has 0 aliphatic carbocycles. The van der Waals surface area contributed by atoms with Gasteiger partial charge in [-0.15, -0.1) is 0 Å². The molecule has 1 aromatic heterocycles. The summed E-state index contributed by atoms with van der Waals surface area (Å²) in [6.07, 6.45) is 2.19. The number of nitrogens with zero attached hydrogens (tertiary/aromatic N) is 1. The maximum Gasteiger partial charge on any atom is 0.352 e. The highest BCUT2D eigenvalue weighted by Gasteiger charge is 2.26. The first-order chi connectivity index (χ1) is 10.7. The SMILES string of the molecule is CCC(=O)OC(C(=O)OCc1ccccc1)c1ccncc1. The Morgan fingerprint density at radius 2 is 1.77 bits per heavy atom. The van der Waals surface area contributed by atoms with Crippen molar-refractivity contribution in [2.24, 2.45) is 0 Å². The van der Waals surface area contributed by atoms with Gasteiger partial charge in [0, 0.05) is 24.4 Å². The molecule has 0 amide bonds. The van der Waals surface area contributed by atoms with Gasteiger partial charge in [-0.05, 0) is 17.7 Å². The van der Waals surface area contributed by atoms with E-state index in [1.807, 2.05) is 30.3 Å². The first-order valence-electron chi connectivity index (χ1n) is 7.00. The molecule has 0 aliphatic heterocycles. The predicted octanol–water partition coefficient (Wildman–Crippen LogP) is 2.82. The zero-order chi connectivity index (χ0) is 15.8. The van der Waals surface area contributed by atoms with Gasteiger partial charge in [0.25, 0.3) is 0 Å². The molecule has 22 heavy (non-hydrogen) atoms. The Morgan fingerprint density at radius 3 is 2.41 bits per heavy atom. The van der Waals surface area contributed by atoms with E-state index in [0.29, 0.717) is 5.56 Å². The minimum atomic E-state index is -1.07. The van der Waals surface area contributed by atoms with Crippen LogP contribution in [-0.4, -0.2) is 16.9 Å². The quantitative estimate of drug-likeness (QED) is 0.767. The molecule has 0 fully saturated rings. The third kappa shape index (κ3) is 4.41. The predicted molar refractivity (Wildman–Crippen MR) is 79.6 cm³/mol. The summed E-state index contributed by atoms with van der Waals surface area (Å²) in [5.41, 5.74) is 1.40. The third-order valence-corrected chi connectivity index (χ3v) is 2.98. The summed E-state index contributed by atoms with van der Waals surface area (Å²) < 4.78 is 10.4. The average molecular weight is 299 g/mol. The molecular weight excluding hydrogens is 282 g/mol. The number of ether oxygens (including phenoxy) is 2. The Morgan fingerprint density at radius 1 is 1.09 bits per heavy atom. The molecule has 1 unspecified atom stereocenters. The summed E-state index contributed by atoms with van der Waals surface area (Å²) >= 11 is 0. The molecule has 0 spiro atoms. The van der Waals surface area contributed by atoms with Crippen molar-refractivity contribution >= 4 is 11.9 Å². The second kappa shape index (κ2) is 7.93. The van der Waals surface area contributed by atoms with Crippen molar-refractivity contribution in [2.45, 2.75) is 26.1 Å². The van der Waals surface area contributed by atoms with Crippen molar-refractivity contribution in [3.8, 4) is 0 Å². The molecular formula is C17H17NO4. The van der Waals surface area contributed by atoms with E-state index in [-0.39, 0.29) is 13.0 Å². The monoisotopic (exact) mass is 299 g/mol. The highest BCUT2D eigenvalue weighted by Crippen LogP contribution is 2.20. The van der Waals surface area contributed by atoms with Crippen LogP contribution in [0, 0.1) is 0 Å². The second-order valence-corrected chi connectivity index (χ2v) is 4.60. The summed E-state index contributed by atoms with van der Waals surface area (Å²) in [5, 5.41) is 0. The number of carbonyl (C=O) groups excluding carboxylic acids is 2. The molecule has 0 saturated carbocycles. The Bertz CT molecular complexity index is 613. The molecule has 1 heterocycles. The standard InChI is InChI=1S/C17H17NO4/c1-2-15(19)22-16(14-8-10-18-11-9-14)17(20)21-12-13-6-4-3-5-7-13/h3-11,16H,2,12H2,1H3. The first-order valence-corrected chi connectivity index (χ1v) is 7.00. The maximum absolute atomic E-state index is 12.2. The van der Waals surface area contributed by atoms with Crippen molar-refractivity contribution in [1.29, 1.82) is 0 Å². The molecule has 0 saturated heterocycles. The average Bonchev–Trinajstić information content (AvgIpc) is 2.59. The lowest BCUT2D eigenvalue weighted by molar-refractivity contribution is -0.169. The maximum atomic E-state index is 12.2. The first kappa shape index (κ1) is 15.7. The van der Waals surface area contributed by atoms with Gasteiger partial charge in [-0.25, -0.2) is 4.79 Å². The number of benzene rings is 1. The van der Waals surface area contributed by atoms with Crippen LogP contribution >= 0.6 is 0 Å². The van der Waals surface area contributed by atoms with Gasteiger partial charge in [-0.1, -0.05) is 37.3 Å². The topological polar surface area (TPSA) is 65.5 Å². The lowest BCUT2D eigenvalue weighted by Crippen LogP contribution is -2.21. The van der Waals surface area contributed by atoms with E-state index < -0.39 is 18.0 Å². The molecule has 1 atom stereocenters. The van der Waals surface area contributed by atoms with Crippen molar-refractivity contribution in [1.82, 2.24) is 4.98 Å². The summed E-state index contributed by atoms with van der Waals surface area (Å²) in [6, 6.07) is 12.6. The van der Waals surface area contributed by atoms with Gasteiger partial charge >= 0.3 is 11.9 Å². The molecule has 0 radical (unpaired) electrons. The number of hydrogen-bond donors (Lipinski definition) is 0. The van der Waals surface area contributed by atoms with Gasteiger partial charge in [0.1, 0.15) is 6.61 Å². The minimum absolute atomic E-state index is 0.130. The highest BCUT2D eigenvalue weighted by atomic mass is 16.6. The van der Waals surface area contributed by atoms with Gasteiger partial charge in [0.15, 0.2) is 0 Å². The molecule has 0 bridgehead atoms. The molecule has 2 aromatic rings. The van der Waals surface area contributed by atoms with Crippen molar-refractivity contribution < 1.29 is 19.1 Å². The van der Waals surface area contributed by atoms with Crippen molar-refractivity contribution in [3.05, 3.63) is 66.0 Å². The van der Waals surface area contributed by atoms with Crippen LogP contribution in [0.2, 0.25) is 0 Å². The van der Waals surface area contributed by atoms with Gasteiger partial charge < -0.3 is 9.47 Å². The van der Waals surface area contributed by atoms with Crippen LogP contribution in [0.4, 0.5) is 0 Å². The fourth-order valence-electron chi connectivity index (χ4n) is 1.81. The zero-order valence-corrected chi connectivity index (χ0v) is 12.3. The number of rotatable bonds is 6. The molecule has 114 valence electrons. The number of hydrogen-bond acceptors (Lipinski definition) is 5. The van der Waals surface area contributed by atoms with E-state index in [1.165, 1.54) is 12.4 Å². The summed E-state index contributed by atoms with van der Waals surface area (Å²) in [5.74, 6) is -1.06. The Kier molecular flexibility index (Phi) is 5.65. The Labute approximate surface area is 128 Å². The number of pyridine rings is 1. The van der Waals surface area contributed by atoms with Gasteiger partial charge in [0.05, 0.1) is 0 Å². The molecule has 0 aliphatic rings. The molecule has 0 N–H and O–H groups in total. The zero-order valence-electron chi connectivity index (χ0n) is 12.3. The normalized spacial score (nSPS) is 11.5. The number of carbonyl (C=O) groups is 2. The van der Waals surface area contributed by atoms with E-state index in [0.717, 1.165) is 5.56 Å². The van der Waals surface area contributed by atoms with Crippen LogP contribution in [-0.2, 0) is 25.7 Å². The fourth-order valence-corrected chi connectivity index (χ4v) is 1.81. The Balaban J connectivity index is 2.07. The van der Waals surface area contributed by atoms with E-state index in [1.54, 1.807) is 19.1 Å². The van der Waals surface area contributed by atoms with Gasteiger partial charge in [-0.2, -0.15) is 0 Å². The minimum Gasteiger partial charge on any atom is -0.458 e. The van der Waals surface area contributed by atoms with Gasteiger partial charge in [-0.3, -0.25) is 9.78 Å². The Hall–Kier alpha value is -2.69. The van der Waals surface area contributed by atoms with Crippen LogP contribution in [0.3, 0.4) is 0 Å². The van der Waals surface area contributed by atoms with Crippen LogP contribution in [0.15, 0.2) is 54.9 Å².